The Hall–Kier alpha value is -0.0400. The third kappa shape index (κ3) is 3.14. The van der Waals surface area contributed by atoms with Crippen molar-refractivity contribution >= 4 is 0 Å². The highest BCUT2D eigenvalue weighted by molar-refractivity contribution is 4.68. The van der Waals surface area contributed by atoms with E-state index in [-0.39, 0.29) is 0 Å². The van der Waals surface area contributed by atoms with Crippen molar-refractivity contribution < 1.29 is 0 Å². The SMILES string of the molecule is CCCN1CCC[C@@H](CC)CC1. The van der Waals surface area contributed by atoms with Crippen LogP contribution in [0.1, 0.15) is 46.0 Å². The van der Waals surface area contributed by atoms with Gasteiger partial charge in [0.1, 0.15) is 0 Å². The molecule has 1 atom stereocenters. The molecule has 0 unspecified atom stereocenters. The molecule has 1 nitrogen and oxygen atoms in total. The van der Waals surface area contributed by atoms with Gasteiger partial charge >= 0.3 is 0 Å². The minimum absolute atomic E-state index is 1.02. The summed E-state index contributed by atoms with van der Waals surface area (Å²) in [5.74, 6) is 1.02. The monoisotopic (exact) mass is 169 g/mol. The quantitative estimate of drug-likeness (QED) is 0.628. The Morgan fingerprint density at radius 2 is 2.00 bits per heavy atom. The summed E-state index contributed by atoms with van der Waals surface area (Å²) in [7, 11) is 0. The predicted octanol–water partition coefficient (Wildman–Crippen LogP) is 2.91. The Bertz CT molecular complexity index is 112. The van der Waals surface area contributed by atoms with Gasteiger partial charge in [-0.15, -0.1) is 0 Å². The molecule has 72 valence electrons. The van der Waals surface area contributed by atoms with E-state index in [1.807, 2.05) is 0 Å². The highest BCUT2D eigenvalue weighted by Crippen LogP contribution is 2.19. The molecule has 0 spiro atoms. The Morgan fingerprint density at radius 1 is 1.17 bits per heavy atom. The van der Waals surface area contributed by atoms with Crippen LogP contribution in [0.25, 0.3) is 0 Å². The summed E-state index contributed by atoms with van der Waals surface area (Å²) in [5.41, 5.74) is 0. The largest absolute Gasteiger partial charge is 0.303 e. The maximum Gasteiger partial charge on any atom is -0.00161 e. The molecule has 0 aliphatic carbocycles. The summed E-state index contributed by atoms with van der Waals surface area (Å²) >= 11 is 0. The fourth-order valence-electron chi connectivity index (χ4n) is 2.17. The van der Waals surface area contributed by atoms with Crippen LogP contribution in [0.4, 0.5) is 0 Å². The molecule has 1 saturated heterocycles. The number of hydrogen-bond donors (Lipinski definition) is 0. The Morgan fingerprint density at radius 3 is 2.67 bits per heavy atom. The van der Waals surface area contributed by atoms with Gasteiger partial charge in [0, 0.05) is 0 Å². The number of rotatable bonds is 3. The van der Waals surface area contributed by atoms with Gasteiger partial charge in [0.2, 0.25) is 0 Å². The molecule has 1 fully saturated rings. The first-order chi connectivity index (χ1) is 5.86. The number of hydrogen-bond acceptors (Lipinski definition) is 1. The molecule has 12 heavy (non-hydrogen) atoms. The third-order valence-electron chi connectivity index (χ3n) is 3.06. The molecule has 1 rings (SSSR count). The summed E-state index contributed by atoms with van der Waals surface area (Å²) in [4.78, 5) is 2.63. The number of likely N-dealkylation sites (tertiary alicyclic amines) is 1. The van der Waals surface area contributed by atoms with Gasteiger partial charge in [-0.25, -0.2) is 0 Å². The summed E-state index contributed by atoms with van der Waals surface area (Å²) < 4.78 is 0. The van der Waals surface area contributed by atoms with Crippen molar-refractivity contribution in [2.24, 2.45) is 5.92 Å². The van der Waals surface area contributed by atoms with E-state index in [0.29, 0.717) is 0 Å². The third-order valence-corrected chi connectivity index (χ3v) is 3.06. The molecule has 0 saturated carbocycles. The summed E-state index contributed by atoms with van der Waals surface area (Å²) in [6.45, 7) is 8.63. The minimum Gasteiger partial charge on any atom is -0.303 e. The molecular formula is C11H23N. The molecule has 1 heteroatoms. The van der Waals surface area contributed by atoms with Crippen LogP contribution in [0.3, 0.4) is 0 Å². The first-order valence-corrected chi connectivity index (χ1v) is 5.59. The highest BCUT2D eigenvalue weighted by atomic mass is 15.1. The number of nitrogens with zero attached hydrogens (tertiary/aromatic N) is 1. The second kappa shape index (κ2) is 5.58. The van der Waals surface area contributed by atoms with E-state index in [4.69, 9.17) is 0 Å². The molecule has 0 aromatic rings. The van der Waals surface area contributed by atoms with E-state index in [1.54, 1.807) is 0 Å². The summed E-state index contributed by atoms with van der Waals surface area (Å²) in [5, 5.41) is 0. The predicted molar refractivity (Wildman–Crippen MR) is 54.4 cm³/mol. The van der Waals surface area contributed by atoms with Gasteiger partial charge in [-0.05, 0) is 51.2 Å². The van der Waals surface area contributed by atoms with Gasteiger partial charge in [-0.3, -0.25) is 0 Å². The van der Waals surface area contributed by atoms with Crippen LogP contribution in [-0.2, 0) is 0 Å². The van der Waals surface area contributed by atoms with E-state index >= 15 is 0 Å². The van der Waals surface area contributed by atoms with E-state index in [9.17, 15) is 0 Å². The highest BCUT2D eigenvalue weighted by Gasteiger charge is 2.14. The standard InChI is InChI=1S/C11H23N/c1-3-8-12-9-5-6-11(4-2)7-10-12/h11H,3-10H2,1-2H3/t11-/m1/s1. The average Bonchev–Trinajstić information content (AvgIpc) is 2.31. The Labute approximate surface area is 77.1 Å². The van der Waals surface area contributed by atoms with Crippen LogP contribution in [0.5, 0.6) is 0 Å². The first kappa shape index (κ1) is 10.0. The zero-order valence-electron chi connectivity index (χ0n) is 8.68. The van der Waals surface area contributed by atoms with Gasteiger partial charge < -0.3 is 4.90 Å². The van der Waals surface area contributed by atoms with Crippen molar-refractivity contribution in [2.45, 2.75) is 46.0 Å². The topological polar surface area (TPSA) is 3.24 Å². The molecule has 1 aliphatic heterocycles. The summed E-state index contributed by atoms with van der Waals surface area (Å²) in [6, 6.07) is 0. The van der Waals surface area contributed by atoms with Crippen LogP contribution >= 0.6 is 0 Å². The zero-order chi connectivity index (χ0) is 8.81. The van der Waals surface area contributed by atoms with Gasteiger partial charge in [-0.1, -0.05) is 20.3 Å². The average molecular weight is 169 g/mol. The second-order valence-electron chi connectivity index (χ2n) is 4.05. The Balaban J connectivity index is 2.24. The molecule has 0 bridgehead atoms. The van der Waals surface area contributed by atoms with E-state index in [1.165, 1.54) is 51.7 Å². The fourth-order valence-corrected chi connectivity index (χ4v) is 2.17. The Kier molecular flexibility index (Phi) is 4.67. The lowest BCUT2D eigenvalue weighted by atomic mass is 9.98. The molecule has 1 heterocycles. The second-order valence-corrected chi connectivity index (χ2v) is 4.05. The van der Waals surface area contributed by atoms with E-state index in [0.717, 1.165) is 5.92 Å². The molecule has 0 aromatic heterocycles. The van der Waals surface area contributed by atoms with Gasteiger partial charge in [0.25, 0.3) is 0 Å². The van der Waals surface area contributed by atoms with Crippen molar-refractivity contribution in [2.75, 3.05) is 19.6 Å². The molecule has 0 N–H and O–H groups in total. The van der Waals surface area contributed by atoms with Gasteiger partial charge in [-0.2, -0.15) is 0 Å². The van der Waals surface area contributed by atoms with E-state index in [2.05, 4.69) is 18.7 Å². The maximum absolute atomic E-state index is 2.63. The lowest BCUT2D eigenvalue weighted by Gasteiger charge is -2.18. The fraction of sp³-hybridized carbons (Fsp3) is 1.00. The normalized spacial score (nSPS) is 27.0. The van der Waals surface area contributed by atoms with Crippen molar-refractivity contribution in [3.63, 3.8) is 0 Å². The van der Waals surface area contributed by atoms with Crippen molar-refractivity contribution in [3.8, 4) is 0 Å². The van der Waals surface area contributed by atoms with Crippen molar-refractivity contribution in [3.05, 3.63) is 0 Å². The smallest absolute Gasteiger partial charge is 0.00161 e. The first-order valence-electron chi connectivity index (χ1n) is 5.59. The summed E-state index contributed by atoms with van der Waals surface area (Å²) in [6.07, 6.45) is 7.04. The maximum atomic E-state index is 2.63. The van der Waals surface area contributed by atoms with Crippen LogP contribution < -0.4 is 0 Å². The van der Waals surface area contributed by atoms with Crippen LogP contribution in [-0.4, -0.2) is 24.5 Å². The molecular weight excluding hydrogens is 146 g/mol. The van der Waals surface area contributed by atoms with Crippen molar-refractivity contribution in [1.29, 1.82) is 0 Å². The van der Waals surface area contributed by atoms with Crippen LogP contribution in [0, 0.1) is 5.92 Å². The molecule has 0 radical (unpaired) electrons. The lowest BCUT2D eigenvalue weighted by molar-refractivity contribution is 0.281. The molecule has 1 aliphatic rings. The van der Waals surface area contributed by atoms with Gasteiger partial charge in [0.15, 0.2) is 0 Å². The van der Waals surface area contributed by atoms with Crippen molar-refractivity contribution in [1.82, 2.24) is 4.90 Å². The zero-order valence-corrected chi connectivity index (χ0v) is 8.68. The van der Waals surface area contributed by atoms with E-state index < -0.39 is 0 Å². The molecule has 0 aromatic carbocycles. The van der Waals surface area contributed by atoms with Crippen LogP contribution in [0.2, 0.25) is 0 Å². The lowest BCUT2D eigenvalue weighted by Crippen LogP contribution is -2.25. The van der Waals surface area contributed by atoms with Crippen LogP contribution in [0.15, 0.2) is 0 Å². The molecule has 0 amide bonds. The van der Waals surface area contributed by atoms with Gasteiger partial charge in [0.05, 0.1) is 0 Å². The minimum atomic E-state index is 1.02.